The second kappa shape index (κ2) is 9.15. The van der Waals surface area contributed by atoms with Crippen LogP contribution in [0.1, 0.15) is 12.0 Å². The lowest BCUT2D eigenvalue weighted by molar-refractivity contribution is -0.384. The maximum Gasteiger partial charge on any atom is 0.342 e. The van der Waals surface area contributed by atoms with Gasteiger partial charge < -0.3 is 5.32 Å². The number of amides is 2. The van der Waals surface area contributed by atoms with Crippen molar-refractivity contribution in [3.63, 3.8) is 0 Å². The predicted molar refractivity (Wildman–Crippen MR) is 98.1 cm³/mol. The number of urea groups is 1. The fraction of sp³-hybridized carbons (Fsp3) is 0.118. The lowest BCUT2D eigenvalue weighted by Crippen LogP contribution is -2.31. The number of carbonyl (C=O) groups is 1. The minimum Gasteiger partial charge on any atom is -0.306 e. The van der Waals surface area contributed by atoms with E-state index in [4.69, 9.17) is 16.9 Å². The van der Waals surface area contributed by atoms with Crippen molar-refractivity contribution in [2.24, 2.45) is 5.10 Å². The van der Waals surface area contributed by atoms with Gasteiger partial charge in [-0.25, -0.2) is 9.80 Å². The van der Waals surface area contributed by atoms with Gasteiger partial charge in [-0.3, -0.25) is 10.1 Å². The Morgan fingerprint density at radius 2 is 1.92 bits per heavy atom. The molecule has 2 aromatic carbocycles. The van der Waals surface area contributed by atoms with E-state index in [-0.39, 0.29) is 18.7 Å². The van der Waals surface area contributed by atoms with Crippen LogP contribution in [0.25, 0.3) is 0 Å². The number of nitrogens with zero attached hydrogens (tertiary/aromatic N) is 4. The normalized spacial score (nSPS) is 10.3. The Balaban J connectivity index is 2.09. The zero-order valence-electron chi connectivity index (χ0n) is 13.5. The van der Waals surface area contributed by atoms with Gasteiger partial charge in [0.25, 0.3) is 5.69 Å². The van der Waals surface area contributed by atoms with E-state index in [0.29, 0.717) is 10.7 Å². The Morgan fingerprint density at radius 3 is 2.50 bits per heavy atom. The van der Waals surface area contributed by atoms with Crippen molar-refractivity contribution in [3.8, 4) is 6.07 Å². The minimum atomic E-state index is -0.556. The largest absolute Gasteiger partial charge is 0.342 e. The highest BCUT2D eigenvalue weighted by molar-refractivity contribution is 6.30. The molecule has 0 aliphatic carbocycles. The molecule has 0 fully saturated rings. The summed E-state index contributed by atoms with van der Waals surface area (Å²) in [7, 11) is 0. The van der Waals surface area contributed by atoms with Gasteiger partial charge in [0.05, 0.1) is 30.2 Å². The van der Waals surface area contributed by atoms with Gasteiger partial charge in [0.15, 0.2) is 0 Å². The molecule has 0 saturated carbocycles. The number of non-ortho nitro benzene ring substituents is 1. The van der Waals surface area contributed by atoms with Crippen LogP contribution in [0, 0.1) is 21.4 Å². The number of hydrogen-bond acceptors (Lipinski definition) is 5. The molecule has 9 heteroatoms. The Hall–Kier alpha value is -3.44. The molecule has 0 atom stereocenters. The third kappa shape index (κ3) is 5.58. The molecule has 0 unspecified atom stereocenters. The Labute approximate surface area is 154 Å². The number of nitriles is 1. The summed E-state index contributed by atoms with van der Waals surface area (Å²) in [4.78, 5) is 22.5. The molecule has 0 bridgehead atoms. The first-order valence-corrected chi connectivity index (χ1v) is 7.87. The van der Waals surface area contributed by atoms with Crippen molar-refractivity contribution in [3.05, 3.63) is 69.2 Å². The van der Waals surface area contributed by atoms with Crippen molar-refractivity contribution in [2.45, 2.75) is 6.42 Å². The molecule has 0 aliphatic rings. The molecule has 2 rings (SSSR count). The molecule has 0 radical (unpaired) electrons. The first-order chi connectivity index (χ1) is 12.5. The number of anilines is 1. The van der Waals surface area contributed by atoms with Gasteiger partial charge in [0.2, 0.25) is 0 Å². The molecule has 0 spiro atoms. The van der Waals surface area contributed by atoms with Crippen molar-refractivity contribution < 1.29 is 9.72 Å². The first-order valence-electron chi connectivity index (χ1n) is 7.49. The Kier molecular flexibility index (Phi) is 6.65. The molecule has 26 heavy (non-hydrogen) atoms. The molecule has 2 amide bonds. The number of hydrogen-bond donors (Lipinski definition) is 1. The van der Waals surface area contributed by atoms with E-state index in [0.717, 1.165) is 10.6 Å². The predicted octanol–water partition coefficient (Wildman–Crippen LogP) is 4.03. The van der Waals surface area contributed by atoms with Crippen LogP contribution in [0.2, 0.25) is 5.02 Å². The van der Waals surface area contributed by atoms with Gasteiger partial charge in [0, 0.05) is 22.8 Å². The summed E-state index contributed by atoms with van der Waals surface area (Å²) in [5.74, 6) is 0. The standard InChI is InChI=1S/C17H14ClN5O3/c18-14-4-2-13(3-5-14)12-20-22(11-1-10-19)17(24)21-15-6-8-16(9-7-15)23(25)26/h2-9,12H,1,11H2,(H,21,24)/b20-12+. The minimum absolute atomic E-state index is 0.0786. The zero-order valence-corrected chi connectivity index (χ0v) is 14.3. The third-order valence-electron chi connectivity index (χ3n) is 3.22. The van der Waals surface area contributed by atoms with Gasteiger partial charge in [-0.1, -0.05) is 23.7 Å². The fourth-order valence-electron chi connectivity index (χ4n) is 1.91. The first kappa shape index (κ1) is 18.9. The van der Waals surface area contributed by atoms with Crippen LogP contribution in [-0.4, -0.2) is 28.7 Å². The zero-order chi connectivity index (χ0) is 18.9. The van der Waals surface area contributed by atoms with Crippen LogP contribution in [0.3, 0.4) is 0 Å². The van der Waals surface area contributed by atoms with Gasteiger partial charge in [0.1, 0.15) is 0 Å². The average Bonchev–Trinajstić information content (AvgIpc) is 2.63. The Bertz CT molecular complexity index is 844. The molecular formula is C17H14ClN5O3. The van der Waals surface area contributed by atoms with E-state index in [1.54, 1.807) is 24.3 Å². The van der Waals surface area contributed by atoms with E-state index in [9.17, 15) is 14.9 Å². The van der Waals surface area contributed by atoms with Gasteiger partial charge in [-0.2, -0.15) is 10.4 Å². The molecule has 2 aromatic rings. The number of rotatable bonds is 6. The summed E-state index contributed by atoms with van der Waals surface area (Å²) in [5, 5.41) is 27.8. The topological polar surface area (TPSA) is 112 Å². The molecular weight excluding hydrogens is 358 g/mol. The number of halogens is 1. The second-order valence-electron chi connectivity index (χ2n) is 5.06. The number of nitro benzene ring substituents is 1. The number of nitrogens with one attached hydrogen (secondary N) is 1. The van der Waals surface area contributed by atoms with Gasteiger partial charge in [-0.05, 0) is 29.8 Å². The summed E-state index contributed by atoms with van der Waals surface area (Å²) >= 11 is 5.82. The van der Waals surface area contributed by atoms with E-state index in [1.165, 1.54) is 30.5 Å². The number of hydrazone groups is 1. The van der Waals surface area contributed by atoms with Crippen LogP contribution in [0.5, 0.6) is 0 Å². The van der Waals surface area contributed by atoms with Crippen LogP contribution < -0.4 is 5.32 Å². The quantitative estimate of drug-likeness (QED) is 0.469. The van der Waals surface area contributed by atoms with Crippen LogP contribution >= 0.6 is 11.6 Å². The molecule has 1 N–H and O–H groups in total. The summed E-state index contributed by atoms with van der Waals surface area (Å²) < 4.78 is 0. The van der Waals surface area contributed by atoms with Crippen molar-refractivity contribution in [1.29, 1.82) is 5.26 Å². The highest BCUT2D eigenvalue weighted by atomic mass is 35.5. The number of benzene rings is 2. The highest BCUT2D eigenvalue weighted by Gasteiger charge is 2.13. The van der Waals surface area contributed by atoms with Crippen molar-refractivity contribution in [2.75, 3.05) is 11.9 Å². The highest BCUT2D eigenvalue weighted by Crippen LogP contribution is 2.16. The van der Waals surface area contributed by atoms with Crippen LogP contribution in [-0.2, 0) is 0 Å². The van der Waals surface area contributed by atoms with Crippen molar-refractivity contribution in [1.82, 2.24) is 5.01 Å². The molecule has 132 valence electrons. The van der Waals surface area contributed by atoms with Crippen LogP contribution in [0.15, 0.2) is 53.6 Å². The van der Waals surface area contributed by atoms with E-state index in [1.807, 2.05) is 6.07 Å². The molecule has 0 saturated heterocycles. The summed E-state index contributed by atoms with van der Waals surface area (Å²) in [5.41, 5.74) is 1.04. The van der Waals surface area contributed by atoms with E-state index in [2.05, 4.69) is 10.4 Å². The average molecular weight is 372 g/mol. The smallest absolute Gasteiger partial charge is 0.306 e. The van der Waals surface area contributed by atoms with E-state index < -0.39 is 11.0 Å². The van der Waals surface area contributed by atoms with Gasteiger partial charge in [-0.15, -0.1) is 0 Å². The number of carbonyl (C=O) groups excluding carboxylic acids is 1. The fourth-order valence-corrected chi connectivity index (χ4v) is 2.03. The maximum absolute atomic E-state index is 12.3. The summed E-state index contributed by atoms with van der Waals surface area (Å²) in [6.45, 7) is 0.0966. The monoisotopic (exact) mass is 371 g/mol. The molecule has 0 heterocycles. The van der Waals surface area contributed by atoms with E-state index >= 15 is 0 Å². The second-order valence-corrected chi connectivity index (χ2v) is 5.50. The molecule has 0 aromatic heterocycles. The number of nitro groups is 1. The lowest BCUT2D eigenvalue weighted by Gasteiger charge is -2.16. The van der Waals surface area contributed by atoms with Crippen LogP contribution in [0.4, 0.5) is 16.2 Å². The third-order valence-corrected chi connectivity index (χ3v) is 3.47. The van der Waals surface area contributed by atoms with Gasteiger partial charge >= 0.3 is 6.03 Å². The Morgan fingerprint density at radius 1 is 1.27 bits per heavy atom. The molecule has 8 nitrogen and oxygen atoms in total. The maximum atomic E-state index is 12.3. The summed E-state index contributed by atoms with van der Waals surface area (Å²) in [6, 6.07) is 13.7. The molecule has 0 aliphatic heterocycles. The van der Waals surface area contributed by atoms with Crippen molar-refractivity contribution >= 4 is 35.2 Å². The lowest BCUT2D eigenvalue weighted by atomic mass is 10.2. The SMILES string of the molecule is N#CCCN(/N=C/c1ccc(Cl)cc1)C(=O)Nc1ccc([N+](=O)[O-])cc1. The summed E-state index contributed by atoms with van der Waals surface area (Å²) in [6.07, 6.45) is 1.58.